The number of hydrogen-bond acceptors (Lipinski definition) is 9. The molecule has 13 nitrogen and oxygen atoms in total. The number of piperidine rings is 2. The van der Waals surface area contributed by atoms with E-state index in [4.69, 9.17) is 15.6 Å². The van der Waals surface area contributed by atoms with Crippen LogP contribution in [0, 0.1) is 5.92 Å². The van der Waals surface area contributed by atoms with Gasteiger partial charge in [0, 0.05) is 68.2 Å². The molecule has 5 heterocycles. The summed E-state index contributed by atoms with van der Waals surface area (Å²) in [4.78, 5) is 43.6. The largest absolute Gasteiger partial charge is 0.457 e. The molecule has 4 fully saturated rings. The Labute approximate surface area is 381 Å². The van der Waals surface area contributed by atoms with Crippen molar-refractivity contribution in [1.82, 2.24) is 25.3 Å². The third kappa shape index (κ3) is 9.62. The molecule has 0 bridgehead atoms. The Morgan fingerprint density at radius 2 is 1.45 bits per heavy atom. The number of benzene rings is 4. The second-order valence-corrected chi connectivity index (χ2v) is 18.7. The van der Waals surface area contributed by atoms with Crippen molar-refractivity contribution in [2.24, 2.45) is 11.7 Å². The van der Waals surface area contributed by atoms with Crippen LogP contribution in [0.15, 0.2) is 103 Å². The second kappa shape index (κ2) is 19.1. The zero-order chi connectivity index (χ0) is 44.3. The van der Waals surface area contributed by atoms with Crippen LogP contribution in [0.1, 0.15) is 97.7 Å². The molecule has 1 aliphatic carbocycles. The summed E-state index contributed by atoms with van der Waals surface area (Å²) in [6.07, 6.45) is 10.4. The smallest absolute Gasteiger partial charge is 0.328 e. The first-order valence-corrected chi connectivity index (χ1v) is 23.8. The third-order valence-electron chi connectivity index (χ3n) is 14.6. The van der Waals surface area contributed by atoms with Gasteiger partial charge in [0.1, 0.15) is 28.6 Å². The highest BCUT2D eigenvalue weighted by Gasteiger charge is 2.36. The molecule has 1 saturated carbocycles. The van der Waals surface area contributed by atoms with Crippen LogP contribution >= 0.6 is 0 Å². The average Bonchev–Trinajstić information content (AvgIpc) is 3.74. The van der Waals surface area contributed by atoms with E-state index >= 15 is 0 Å². The molecule has 5 aromatic rings. The highest BCUT2D eigenvalue weighted by Crippen LogP contribution is 2.42. The summed E-state index contributed by atoms with van der Waals surface area (Å²) in [5.41, 5.74) is 12.7. The van der Waals surface area contributed by atoms with E-state index in [1.54, 1.807) is 4.90 Å². The van der Waals surface area contributed by atoms with Crippen molar-refractivity contribution in [3.05, 3.63) is 120 Å². The normalized spacial score (nSPS) is 22.2. The van der Waals surface area contributed by atoms with Gasteiger partial charge >= 0.3 is 6.03 Å². The summed E-state index contributed by atoms with van der Waals surface area (Å²) in [5, 5.41) is 15.1. The Hall–Kier alpha value is -6.18. The fourth-order valence-electron chi connectivity index (χ4n) is 11.0. The Morgan fingerprint density at radius 1 is 0.738 bits per heavy atom. The maximum atomic E-state index is 12.9. The number of primary amides is 1. The molecule has 10 rings (SSSR count). The van der Waals surface area contributed by atoms with Crippen molar-refractivity contribution in [2.45, 2.75) is 94.8 Å². The summed E-state index contributed by atoms with van der Waals surface area (Å²) >= 11 is 0. The number of nitrogens with zero attached hydrogens (tertiary/aromatic N) is 5. The topological polar surface area (TPSA) is 150 Å². The lowest BCUT2D eigenvalue weighted by atomic mass is 9.79. The predicted octanol–water partition coefficient (Wildman–Crippen LogP) is 8.44. The molecular weight excluding hydrogens is 815 g/mol. The van der Waals surface area contributed by atoms with Gasteiger partial charge in [-0.1, -0.05) is 48.5 Å². The fraction of sp³-hybridized carbons (Fsp3) is 0.423. The van der Waals surface area contributed by atoms with Gasteiger partial charge in [0.25, 0.3) is 5.91 Å². The number of aromatic nitrogens is 2. The molecule has 0 radical (unpaired) electrons. The minimum absolute atomic E-state index is 0.213. The number of amides is 4. The molecule has 4 amide bonds. The lowest BCUT2D eigenvalue weighted by Gasteiger charge is -2.39. The molecule has 4 aliphatic heterocycles. The van der Waals surface area contributed by atoms with Gasteiger partial charge in [-0.2, -0.15) is 5.10 Å². The predicted molar refractivity (Wildman–Crippen MR) is 255 cm³/mol. The highest BCUT2D eigenvalue weighted by atomic mass is 16.5. The lowest BCUT2D eigenvalue weighted by Crippen LogP contribution is -2.49. The first-order valence-electron chi connectivity index (χ1n) is 23.8. The van der Waals surface area contributed by atoms with E-state index < -0.39 is 5.91 Å². The number of nitrogens with one attached hydrogen (secondary N) is 3. The quantitative estimate of drug-likeness (QED) is 0.0969. The number of rotatable bonds is 12. The first-order chi connectivity index (χ1) is 31.8. The third-order valence-corrected chi connectivity index (χ3v) is 14.6. The first kappa shape index (κ1) is 42.8. The summed E-state index contributed by atoms with van der Waals surface area (Å²) in [7, 11) is 0. The minimum Gasteiger partial charge on any atom is -0.457 e. The van der Waals surface area contributed by atoms with Gasteiger partial charge in [0.15, 0.2) is 0 Å². The van der Waals surface area contributed by atoms with Crippen LogP contribution in [-0.4, -0.2) is 83.9 Å². The number of anilines is 3. The Morgan fingerprint density at radius 3 is 2.17 bits per heavy atom. The van der Waals surface area contributed by atoms with Gasteiger partial charge in [-0.3, -0.25) is 24.7 Å². The molecule has 13 heteroatoms. The molecule has 0 unspecified atom stereocenters. The van der Waals surface area contributed by atoms with E-state index in [0.717, 1.165) is 118 Å². The van der Waals surface area contributed by atoms with Crippen LogP contribution < -0.4 is 36.2 Å². The van der Waals surface area contributed by atoms with Crippen LogP contribution in [0.4, 0.5) is 22.0 Å². The molecule has 338 valence electrons. The number of carbonyl (C=O) groups is 3. The van der Waals surface area contributed by atoms with Gasteiger partial charge in [0.05, 0.1) is 6.04 Å². The van der Waals surface area contributed by atoms with Crippen LogP contribution in [0.5, 0.6) is 11.5 Å². The number of hydrogen-bond donors (Lipinski definition) is 4. The van der Waals surface area contributed by atoms with Crippen molar-refractivity contribution >= 4 is 35.0 Å². The number of carbonyl (C=O) groups excluding carboxylic acids is 3. The number of fused-ring (bicyclic) bond motifs is 1. The number of likely N-dealkylation sites (tertiary alicyclic amines) is 1. The van der Waals surface area contributed by atoms with Crippen molar-refractivity contribution in [1.29, 1.82) is 0 Å². The monoisotopic (exact) mass is 875 g/mol. The van der Waals surface area contributed by atoms with Crippen LogP contribution in [-0.2, 0) is 11.3 Å². The summed E-state index contributed by atoms with van der Waals surface area (Å²) < 4.78 is 8.08. The molecule has 3 saturated heterocycles. The van der Waals surface area contributed by atoms with Gasteiger partial charge in [-0.15, -0.1) is 0 Å². The molecule has 65 heavy (non-hydrogen) atoms. The number of urea groups is 1. The summed E-state index contributed by atoms with van der Waals surface area (Å²) in [6.45, 7) is 6.37. The molecule has 5 N–H and O–H groups in total. The summed E-state index contributed by atoms with van der Waals surface area (Å²) in [5.74, 6) is 2.60. The maximum absolute atomic E-state index is 12.9. The second-order valence-electron chi connectivity index (χ2n) is 18.7. The minimum atomic E-state index is -0.464. The molecule has 0 spiro atoms. The Bertz CT molecular complexity index is 2450. The Kier molecular flexibility index (Phi) is 12.6. The highest BCUT2D eigenvalue weighted by molar-refractivity contribution is 6.06. The number of para-hydroxylation sites is 1. The number of imide groups is 1. The van der Waals surface area contributed by atoms with E-state index in [1.807, 2.05) is 66.7 Å². The van der Waals surface area contributed by atoms with E-state index in [9.17, 15) is 14.4 Å². The van der Waals surface area contributed by atoms with Gasteiger partial charge in [-0.25, -0.2) is 9.48 Å². The van der Waals surface area contributed by atoms with E-state index in [2.05, 4.69) is 66.8 Å². The average molecular weight is 876 g/mol. The van der Waals surface area contributed by atoms with Crippen LogP contribution in [0.3, 0.4) is 0 Å². The zero-order valence-electron chi connectivity index (χ0n) is 37.2. The van der Waals surface area contributed by atoms with E-state index in [0.29, 0.717) is 48.1 Å². The Balaban J connectivity index is 0.670. The van der Waals surface area contributed by atoms with E-state index in [1.165, 1.54) is 24.0 Å². The summed E-state index contributed by atoms with van der Waals surface area (Å²) in [6, 6.07) is 35.9. The van der Waals surface area contributed by atoms with Crippen LogP contribution in [0.25, 0.3) is 11.3 Å². The SMILES string of the molecule is NC(=O)c1c(-c2ccc(Oc3ccccc3)cc2)nn2c1NCC[C@H]2C1CCC(NC2CCN(Cc3ccc(C4CCN(c5cccc(N6CCC(=O)NC6=O)c5)CC4)cc3)CC2)CC1. The molecular formula is C52H61N9O4. The van der Waals surface area contributed by atoms with Gasteiger partial charge in [0.2, 0.25) is 5.91 Å². The van der Waals surface area contributed by atoms with Gasteiger partial charge in [-0.05, 0) is 148 Å². The van der Waals surface area contributed by atoms with Crippen LogP contribution in [0.2, 0.25) is 0 Å². The van der Waals surface area contributed by atoms with Crippen molar-refractivity contribution in [3.63, 3.8) is 0 Å². The lowest BCUT2D eigenvalue weighted by molar-refractivity contribution is -0.120. The zero-order valence-corrected chi connectivity index (χ0v) is 37.2. The standard InChI is InChI=1S/C52H61N9O4/c53-50(63)48-49(39-15-19-45(20-16-39)65-44-7-2-1-3-8-44)57-61-46(21-27-54-51(48)61)38-13-17-40(18-14-38)55-41-24-28-58(29-25-41)34-35-9-11-36(12-10-35)37-22-30-59(31-23-37)42-5-4-6-43(33-42)60-32-26-47(62)56-52(60)64/h1-12,15-16,19-20,33,37-38,40-41,46,54-55H,13-14,17-18,21-32,34H2,(H2,53,63)(H,56,62,64)/t38?,40?,46-/m0/s1. The van der Waals surface area contributed by atoms with Crippen molar-refractivity contribution < 1.29 is 19.1 Å². The van der Waals surface area contributed by atoms with E-state index in [-0.39, 0.29) is 18.0 Å². The number of nitrogens with two attached hydrogens (primary N) is 1. The molecule has 4 aromatic carbocycles. The van der Waals surface area contributed by atoms with Crippen molar-refractivity contribution in [3.8, 4) is 22.8 Å². The molecule has 5 aliphatic rings. The number of ether oxygens (including phenoxy) is 1. The molecule has 1 aromatic heterocycles. The van der Waals surface area contributed by atoms with Crippen molar-refractivity contribution in [2.75, 3.05) is 54.4 Å². The molecule has 1 atom stereocenters. The fourth-order valence-corrected chi connectivity index (χ4v) is 11.0. The maximum Gasteiger partial charge on any atom is 0.328 e. The van der Waals surface area contributed by atoms with Gasteiger partial charge < -0.3 is 26.0 Å².